The molecular weight excluding hydrogens is 172 g/mol. The van der Waals surface area contributed by atoms with Crippen molar-refractivity contribution >= 4 is 23.1 Å². The van der Waals surface area contributed by atoms with Gasteiger partial charge in [-0.2, -0.15) is 0 Å². The molecule has 0 aliphatic rings. The zero-order chi connectivity index (χ0) is 9.72. The average molecular weight is 188 g/mol. The molecule has 0 aromatic carbocycles. The van der Waals surface area contributed by atoms with E-state index in [4.69, 9.17) is 18.0 Å². The van der Waals surface area contributed by atoms with E-state index in [0.29, 0.717) is 11.4 Å². The van der Waals surface area contributed by atoms with Crippen molar-refractivity contribution in [2.75, 3.05) is 0 Å². The molecule has 0 aromatic rings. The maximum absolute atomic E-state index is 11.3. The molecule has 0 aliphatic carbocycles. The number of rotatable bonds is 4. The second kappa shape index (κ2) is 5.09. The van der Waals surface area contributed by atoms with Crippen LogP contribution in [0.15, 0.2) is 0 Å². The summed E-state index contributed by atoms with van der Waals surface area (Å²) in [7, 11) is 0. The molecule has 3 N–H and O–H groups in total. The van der Waals surface area contributed by atoms with Crippen LogP contribution in [0.4, 0.5) is 0 Å². The lowest BCUT2D eigenvalue weighted by molar-refractivity contribution is -0.124. The van der Waals surface area contributed by atoms with Crippen molar-refractivity contribution in [3.05, 3.63) is 0 Å². The van der Waals surface area contributed by atoms with E-state index in [0.717, 1.165) is 0 Å². The van der Waals surface area contributed by atoms with Crippen LogP contribution in [0.2, 0.25) is 0 Å². The van der Waals surface area contributed by atoms with E-state index in [9.17, 15) is 4.79 Å². The molecule has 70 valence electrons. The van der Waals surface area contributed by atoms with Crippen LogP contribution in [0.25, 0.3) is 0 Å². The third-order valence-corrected chi connectivity index (χ3v) is 1.55. The summed E-state index contributed by atoms with van der Waals surface area (Å²) in [5.41, 5.74) is 5.31. The van der Waals surface area contributed by atoms with Gasteiger partial charge in [-0.25, -0.2) is 0 Å². The number of carbonyl (C=O) groups excluding carboxylic acids is 1. The minimum absolute atomic E-state index is 0.0119. The van der Waals surface area contributed by atoms with E-state index in [-0.39, 0.29) is 17.9 Å². The van der Waals surface area contributed by atoms with Crippen molar-refractivity contribution in [1.82, 2.24) is 5.32 Å². The Morgan fingerprint density at radius 1 is 1.50 bits per heavy atom. The van der Waals surface area contributed by atoms with E-state index in [1.807, 2.05) is 20.8 Å². The molecule has 0 aromatic heterocycles. The summed E-state index contributed by atoms with van der Waals surface area (Å²) in [4.78, 5) is 11.7. The minimum atomic E-state index is -0.120. The number of amides is 1. The second-order valence-electron chi connectivity index (χ2n) is 3.23. The van der Waals surface area contributed by atoms with E-state index in [1.165, 1.54) is 0 Å². The van der Waals surface area contributed by atoms with Gasteiger partial charge in [0.2, 0.25) is 5.91 Å². The Balaban J connectivity index is 3.85. The van der Waals surface area contributed by atoms with Gasteiger partial charge in [-0.3, -0.25) is 4.79 Å². The first kappa shape index (κ1) is 11.4. The Morgan fingerprint density at radius 2 is 2.00 bits per heavy atom. The summed E-state index contributed by atoms with van der Waals surface area (Å²) < 4.78 is 0. The van der Waals surface area contributed by atoms with Crippen molar-refractivity contribution in [1.29, 1.82) is 0 Å². The lowest BCUT2D eigenvalue weighted by atomic mass is 10.1. The summed E-state index contributed by atoms with van der Waals surface area (Å²) in [6.07, 6.45) is 0.480. The highest BCUT2D eigenvalue weighted by Crippen LogP contribution is 2.01. The second-order valence-corrected chi connectivity index (χ2v) is 3.76. The van der Waals surface area contributed by atoms with Gasteiger partial charge in [0, 0.05) is 18.4 Å². The summed E-state index contributed by atoms with van der Waals surface area (Å²) in [6, 6.07) is 0.172. The Kier molecular flexibility index (Phi) is 4.81. The van der Waals surface area contributed by atoms with Crippen LogP contribution in [0.3, 0.4) is 0 Å². The monoisotopic (exact) mass is 188 g/mol. The van der Waals surface area contributed by atoms with Gasteiger partial charge in [0.25, 0.3) is 0 Å². The Bertz CT molecular complexity index is 180. The van der Waals surface area contributed by atoms with Gasteiger partial charge in [-0.05, 0) is 13.8 Å². The SMILES string of the molecule is CC(C)NC(=O)C(C)CC(N)=S. The fourth-order valence-corrected chi connectivity index (χ4v) is 1.07. The number of hydrogen-bond donors (Lipinski definition) is 2. The molecule has 0 saturated carbocycles. The molecule has 0 rings (SSSR count). The standard InChI is InChI=1S/C8H16N2OS/c1-5(2)10-8(11)6(3)4-7(9)12/h5-6H,4H2,1-3H3,(H2,9,12)(H,10,11). The van der Waals surface area contributed by atoms with Crippen LogP contribution in [-0.4, -0.2) is 16.9 Å². The van der Waals surface area contributed by atoms with Crippen LogP contribution in [0, 0.1) is 5.92 Å². The van der Waals surface area contributed by atoms with Gasteiger partial charge in [-0.15, -0.1) is 0 Å². The van der Waals surface area contributed by atoms with Crippen molar-refractivity contribution < 1.29 is 4.79 Å². The smallest absolute Gasteiger partial charge is 0.223 e. The molecule has 0 spiro atoms. The minimum Gasteiger partial charge on any atom is -0.393 e. The lowest BCUT2D eigenvalue weighted by Crippen LogP contribution is -2.35. The van der Waals surface area contributed by atoms with Crippen LogP contribution in [0.1, 0.15) is 27.2 Å². The number of nitrogens with one attached hydrogen (secondary N) is 1. The van der Waals surface area contributed by atoms with Gasteiger partial charge in [-0.1, -0.05) is 19.1 Å². The molecular formula is C8H16N2OS. The predicted molar refractivity (Wildman–Crippen MR) is 53.8 cm³/mol. The zero-order valence-electron chi connectivity index (χ0n) is 7.76. The molecule has 0 aliphatic heterocycles. The fourth-order valence-electron chi connectivity index (χ4n) is 0.821. The van der Waals surface area contributed by atoms with E-state index >= 15 is 0 Å². The highest BCUT2D eigenvalue weighted by Gasteiger charge is 2.13. The highest BCUT2D eigenvalue weighted by molar-refractivity contribution is 7.80. The topological polar surface area (TPSA) is 55.1 Å². The Morgan fingerprint density at radius 3 is 2.33 bits per heavy atom. The molecule has 0 bridgehead atoms. The Hall–Kier alpha value is -0.640. The molecule has 0 fully saturated rings. The molecule has 0 saturated heterocycles. The number of thiocarbonyl (C=S) groups is 1. The first-order valence-corrected chi connectivity index (χ1v) is 4.43. The van der Waals surface area contributed by atoms with Crippen molar-refractivity contribution in [3.63, 3.8) is 0 Å². The molecule has 12 heavy (non-hydrogen) atoms. The van der Waals surface area contributed by atoms with Gasteiger partial charge >= 0.3 is 0 Å². The molecule has 1 unspecified atom stereocenters. The summed E-state index contributed by atoms with van der Waals surface area (Å²) in [6.45, 7) is 5.66. The summed E-state index contributed by atoms with van der Waals surface area (Å²) >= 11 is 4.70. The first-order chi connectivity index (χ1) is 5.43. The van der Waals surface area contributed by atoms with Gasteiger partial charge in [0.05, 0.1) is 4.99 Å². The van der Waals surface area contributed by atoms with Crippen molar-refractivity contribution in [2.24, 2.45) is 11.7 Å². The quantitative estimate of drug-likeness (QED) is 0.642. The van der Waals surface area contributed by atoms with E-state index < -0.39 is 0 Å². The summed E-state index contributed by atoms with van der Waals surface area (Å²) in [5.74, 6) is -0.109. The largest absolute Gasteiger partial charge is 0.393 e. The lowest BCUT2D eigenvalue weighted by Gasteiger charge is -2.13. The molecule has 1 atom stereocenters. The molecule has 1 amide bonds. The maximum Gasteiger partial charge on any atom is 0.223 e. The van der Waals surface area contributed by atoms with Crippen molar-refractivity contribution in [2.45, 2.75) is 33.2 Å². The van der Waals surface area contributed by atoms with Crippen molar-refractivity contribution in [3.8, 4) is 0 Å². The predicted octanol–water partition coefficient (Wildman–Crippen LogP) is 0.823. The third-order valence-electron chi connectivity index (χ3n) is 1.39. The fraction of sp³-hybridized carbons (Fsp3) is 0.750. The average Bonchev–Trinajstić information content (AvgIpc) is 1.84. The van der Waals surface area contributed by atoms with E-state index in [1.54, 1.807) is 0 Å². The molecule has 0 heterocycles. The summed E-state index contributed by atoms with van der Waals surface area (Å²) in [5, 5.41) is 2.79. The number of nitrogens with two attached hydrogens (primary N) is 1. The number of carbonyl (C=O) groups is 1. The molecule has 4 heteroatoms. The van der Waals surface area contributed by atoms with Crippen LogP contribution in [-0.2, 0) is 4.79 Å². The van der Waals surface area contributed by atoms with Gasteiger partial charge in [0.1, 0.15) is 0 Å². The maximum atomic E-state index is 11.3. The highest BCUT2D eigenvalue weighted by atomic mass is 32.1. The van der Waals surface area contributed by atoms with Crippen LogP contribution < -0.4 is 11.1 Å². The van der Waals surface area contributed by atoms with E-state index in [2.05, 4.69) is 5.32 Å². The normalized spacial score (nSPS) is 12.7. The van der Waals surface area contributed by atoms with Gasteiger partial charge in [0.15, 0.2) is 0 Å². The third kappa shape index (κ3) is 5.07. The molecule has 3 nitrogen and oxygen atoms in total. The van der Waals surface area contributed by atoms with Crippen LogP contribution in [0.5, 0.6) is 0 Å². The number of hydrogen-bond acceptors (Lipinski definition) is 2. The first-order valence-electron chi connectivity index (χ1n) is 4.02. The zero-order valence-corrected chi connectivity index (χ0v) is 8.57. The Labute approximate surface area is 78.7 Å². The molecule has 0 radical (unpaired) electrons. The van der Waals surface area contributed by atoms with Gasteiger partial charge < -0.3 is 11.1 Å². The van der Waals surface area contributed by atoms with Crippen LogP contribution >= 0.6 is 12.2 Å².